The number of carbonyl (C=O) groups excluding carboxylic acids is 1. The van der Waals surface area contributed by atoms with Crippen LogP contribution >= 0.6 is 8.58 Å². The topological polar surface area (TPSA) is 41.4 Å². The van der Waals surface area contributed by atoms with Gasteiger partial charge in [0.05, 0.1) is 11.3 Å². The molecule has 0 N–H and O–H groups in total. The molecule has 144 valence electrons. The molecule has 1 aromatic heterocycles. The molecular formula is C22H25N4OP. The summed E-state index contributed by atoms with van der Waals surface area (Å²) in [4.78, 5) is 17.2. The minimum Gasteiger partial charge on any atom is -0.306 e. The standard InChI is InChI=1S/C22H25N4OP/c1-24-9-7-15(8-10-24)17-4-6-22-26(14-17)21(27)12-20(28-22)16-3-5-19-18(11-16)13-25(2)23-19/h3-6,11-15,22,28H,7-10H2,1-2H3. The number of nitrogens with zero attached hydrogens (tertiary/aromatic N) is 4. The van der Waals surface area contributed by atoms with Gasteiger partial charge < -0.3 is 9.80 Å². The Balaban J connectivity index is 1.40. The number of allylic oxidation sites excluding steroid dienone is 2. The van der Waals surface area contributed by atoms with Crippen molar-refractivity contribution in [1.82, 2.24) is 19.6 Å². The summed E-state index contributed by atoms with van der Waals surface area (Å²) in [5.41, 5.74) is 3.43. The molecule has 1 amide bonds. The molecule has 0 radical (unpaired) electrons. The van der Waals surface area contributed by atoms with Crippen LogP contribution in [0.3, 0.4) is 0 Å². The van der Waals surface area contributed by atoms with Crippen molar-refractivity contribution in [3.63, 3.8) is 0 Å². The van der Waals surface area contributed by atoms with Crippen molar-refractivity contribution < 1.29 is 4.79 Å². The zero-order valence-corrected chi connectivity index (χ0v) is 17.3. The smallest absolute Gasteiger partial charge is 0.252 e. The highest BCUT2D eigenvalue weighted by atomic mass is 31.1. The van der Waals surface area contributed by atoms with E-state index in [-0.39, 0.29) is 11.7 Å². The van der Waals surface area contributed by atoms with Crippen LogP contribution in [0.25, 0.3) is 16.2 Å². The van der Waals surface area contributed by atoms with Gasteiger partial charge in [0.1, 0.15) is 0 Å². The maximum absolute atomic E-state index is 12.9. The molecule has 3 aliphatic rings. The van der Waals surface area contributed by atoms with Crippen LogP contribution < -0.4 is 0 Å². The zero-order chi connectivity index (χ0) is 19.3. The van der Waals surface area contributed by atoms with E-state index in [9.17, 15) is 4.79 Å². The Morgan fingerprint density at radius 3 is 2.82 bits per heavy atom. The molecule has 28 heavy (non-hydrogen) atoms. The molecule has 2 unspecified atom stereocenters. The molecule has 2 aromatic rings. The first-order valence-electron chi connectivity index (χ1n) is 9.89. The van der Waals surface area contributed by atoms with E-state index in [2.05, 4.69) is 47.5 Å². The zero-order valence-electron chi connectivity index (χ0n) is 16.3. The van der Waals surface area contributed by atoms with Gasteiger partial charge in [-0.25, -0.2) is 0 Å². The van der Waals surface area contributed by atoms with Gasteiger partial charge in [0, 0.05) is 30.9 Å². The molecule has 1 saturated heterocycles. The van der Waals surface area contributed by atoms with Gasteiger partial charge in [-0.1, -0.05) is 26.8 Å². The van der Waals surface area contributed by atoms with E-state index in [1.807, 2.05) is 35.0 Å². The van der Waals surface area contributed by atoms with Gasteiger partial charge in [-0.15, -0.1) is 0 Å². The second-order valence-corrected chi connectivity index (χ2v) is 9.45. The lowest BCUT2D eigenvalue weighted by Gasteiger charge is -2.37. The van der Waals surface area contributed by atoms with Gasteiger partial charge in [-0.05, 0) is 67.5 Å². The summed E-state index contributed by atoms with van der Waals surface area (Å²) in [6.07, 6.45) is 12.8. The maximum atomic E-state index is 12.9. The molecule has 5 rings (SSSR count). The fraction of sp³-hybridized carbons (Fsp3) is 0.364. The number of hydrogen-bond donors (Lipinski definition) is 0. The van der Waals surface area contributed by atoms with Gasteiger partial charge >= 0.3 is 0 Å². The maximum Gasteiger partial charge on any atom is 0.252 e. The van der Waals surface area contributed by atoms with Crippen LogP contribution in [0.15, 0.2) is 54.4 Å². The highest BCUT2D eigenvalue weighted by Crippen LogP contribution is 2.45. The van der Waals surface area contributed by atoms with Crippen LogP contribution in [-0.2, 0) is 11.8 Å². The average molecular weight is 392 g/mol. The summed E-state index contributed by atoms with van der Waals surface area (Å²) < 4.78 is 1.83. The molecule has 0 bridgehead atoms. The number of fused-ring (bicyclic) bond motifs is 2. The van der Waals surface area contributed by atoms with E-state index < -0.39 is 0 Å². The summed E-state index contributed by atoms with van der Waals surface area (Å²) in [5, 5.41) is 6.69. The van der Waals surface area contributed by atoms with E-state index in [4.69, 9.17) is 0 Å². The lowest BCUT2D eigenvalue weighted by atomic mass is 9.88. The van der Waals surface area contributed by atoms with Crippen molar-refractivity contribution in [2.24, 2.45) is 13.0 Å². The van der Waals surface area contributed by atoms with Crippen molar-refractivity contribution in [1.29, 1.82) is 0 Å². The highest BCUT2D eigenvalue weighted by molar-refractivity contribution is 7.51. The van der Waals surface area contributed by atoms with Crippen LogP contribution in [0, 0.1) is 5.92 Å². The first-order chi connectivity index (χ1) is 13.6. The van der Waals surface area contributed by atoms with Crippen LogP contribution in [0.2, 0.25) is 0 Å². The number of hydrogen-bond acceptors (Lipinski definition) is 3. The minimum absolute atomic E-state index is 0.0970. The predicted molar refractivity (Wildman–Crippen MR) is 115 cm³/mol. The number of likely N-dealkylation sites (tertiary alicyclic amines) is 1. The molecule has 6 heteroatoms. The molecule has 0 saturated carbocycles. The molecule has 1 fully saturated rings. The monoisotopic (exact) mass is 392 g/mol. The van der Waals surface area contributed by atoms with Crippen LogP contribution in [0.5, 0.6) is 0 Å². The van der Waals surface area contributed by atoms with Gasteiger partial charge in [0.2, 0.25) is 0 Å². The van der Waals surface area contributed by atoms with Gasteiger partial charge in [0.25, 0.3) is 5.91 Å². The molecule has 3 aliphatic heterocycles. The van der Waals surface area contributed by atoms with Crippen molar-refractivity contribution in [2.75, 3.05) is 20.1 Å². The minimum atomic E-state index is 0.0970. The number of aromatic nitrogens is 2. The Labute approximate surface area is 167 Å². The van der Waals surface area contributed by atoms with E-state index in [0.29, 0.717) is 14.5 Å². The molecular weight excluding hydrogens is 367 g/mol. The van der Waals surface area contributed by atoms with E-state index >= 15 is 0 Å². The molecule has 2 atom stereocenters. The first kappa shape index (κ1) is 17.8. The molecule has 5 nitrogen and oxygen atoms in total. The third kappa shape index (κ3) is 3.23. The number of benzene rings is 1. The van der Waals surface area contributed by atoms with Crippen molar-refractivity contribution in [2.45, 2.75) is 18.6 Å². The molecule has 4 heterocycles. The summed E-state index contributed by atoms with van der Waals surface area (Å²) in [6, 6.07) is 6.28. The largest absolute Gasteiger partial charge is 0.306 e. The molecule has 1 aromatic carbocycles. The van der Waals surface area contributed by atoms with Gasteiger partial charge in [-0.3, -0.25) is 9.48 Å². The third-order valence-corrected chi connectivity index (χ3v) is 7.51. The van der Waals surface area contributed by atoms with Crippen LogP contribution in [0.4, 0.5) is 0 Å². The number of aryl methyl sites for hydroxylation is 1. The third-order valence-electron chi connectivity index (χ3n) is 6.00. The summed E-state index contributed by atoms with van der Waals surface area (Å²) >= 11 is 0. The summed E-state index contributed by atoms with van der Waals surface area (Å²) in [5.74, 6) is 0.815. The first-order valence-corrected chi connectivity index (χ1v) is 11.0. The SMILES string of the molecule is CN1CCC(C2=CN3C(=O)C=C(c4ccc5nn(C)cc5c4)PC3C=C2)CC1. The highest BCUT2D eigenvalue weighted by Gasteiger charge is 2.30. The van der Waals surface area contributed by atoms with E-state index in [0.717, 1.165) is 34.9 Å². The normalized spacial score (nSPS) is 24.6. The van der Waals surface area contributed by atoms with Gasteiger partial charge in [0.15, 0.2) is 0 Å². The number of rotatable bonds is 2. The Bertz CT molecular complexity index is 1030. The van der Waals surface area contributed by atoms with Crippen molar-refractivity contribution >= 4 is 30.7 Å². The van der Waals surface area contributed by atoms with Crippen molar-refractivity contribution in [3.8, 4) is 0 Å². The van der Waals surface area contributed by atoms with E-state index in [1.54, 1.807) is 0 Å². The molecule has 0 aliphatic carbocycles. The van der Waals surface area contributed by atoms with E-state index in [1.165, 1.54) is 18.4 Å². The van der Waals surface area contributed by atoms with Gasteiger partial charge in [-0.2, -0.15) is 5.10 Å². The Morgan fingerprint density at radius 1 is 1.18 bits per heavy atom. The lowest BCUT2D eigenvalue weighted by molar-refractivity contribution is -0.123. The quantitative estimate of drug-likeness (QED) is 0.734. The second kappa shape index (κ2) is 6.98. The average Bonchev–Trinajstić information content (AvgIpc) is 3.07. The number of amides is 1. The Kier molecular flexibility index (Phi) is 4.45. The Morgan fingerprint density at radius 2 is 2.00 bits per heavy atom. The predicted octanol–water partition coefficient (Wildman–Crippen LogP) is 3.56. The van der Waals surface area contributed by atoms with Crippen molar-refractivity contribution in [3.05, 3.63) is 60.0 Å². The number of piperidine rings is 1. The lowest BCUT2D eigenvalue weighted by Crippen LogP contribution is -2.37. The Hall–Kier alpha value is -2.23. The fourth-order valence-electron chi connectivity index (χ4n) is 4.36. The number of carbonyl (C=O) groups is 1. The fourth-order valence-corrected chi connectivity index (χ4v) is 5.74. The summed E-state index contributed by atoms with van der Waals surface area (Å²) in [6.45, 7) is 2.27. The van der Waals surface area contributed by atoms with Crippen LogP contribution in [0.1, 0.15) is 18.4 Å². The summed E-state index contributed by atoms with van der Waals surface area (Å²) in [7, 11) is 4.67. The van der Waals surface area contributed by atoms with Crippen LogP contribution in [-0.4, -0.2) is 51.4 Å². The molecule has 0 spiro atoms. The second-order valence-electron chi connectivity index (χ2n) is 8.03.